The summed E-state index contributed by atoms with van der Waals surface area (Å²) in [4.78, 5) is 8.25. The van der Waals surface area contributed by atoms with Crippen LogP contribution in [0.3, 0.4) is 0 Å². The normalized spacial score (nSPS) is 9.78. The Hall–Kier alpha value is -2.41. The predicted octanol–water partition coefficient (Wildman–Crippen LogP) is 2.31. The fraction of sp³-hybridized carbons (Fsp3) is 0.214. The number of pyridine rings is 2. The molecule has 0 saturated heterocycles. The van der Waals surface area contributed by atoms with Crippen LogP contribution in [0.4, 0.5) is 5.82 Å². The van der Waals surface area contributed by atoms with E-state index in [0.29, 0.717) is 11.4 Å². The molecule has 0 spiro atoms. The third kappa shape index (κ3) is 2.83. The van der Waals surface area contributed by atoms with Gasteiger partial charge in [0.15, 0.2) is 0 Å². The van der Waals surface area contributed by atoms with Gasteiger partial charge in [-0.2, -0.15) is 5.26 Å². The van der Waals surface area contributed by atoms with Crippen molar-refractivity contribution in [3.63, 3.8) is 0 Å². The average molecular weight is 238 g/mol. The minimum atomic E-state index is 0.615. The molecule has 0 aliphatic carbocycles. The van der Waals surface area contributed by atoms with Crippen molar-refractivity contribution in [2.24, 2.45) is 0 Å². The lowest BCUT2D eigenvalue weighted by molar-refractivity contribution is 0.991. The third-order valence-corrected chi connectivity index (χ3v) is 2.70. The Morgan fingerprint density at radius 1 is 1.33 bits per heavy atom. The maximum absolute atomic E-state index is 9.08. The van der Waals surface area contributed by atoms with Crippen molar-refractivity contribution in [2.75, 3.05) is 11.9 Å². The molecule has 0 fully saturated rings. The Kier molecular flexibility index (Phi) is 3.87. The lowest BCUT2D eigenvalue weighted by Crippen LogP contribution is -2.08. The Balaban J connectivity index is 1.99. The largest absolute Gasteiger partial charge is 0.369 e. The number of hydrogen-bond donors (Lipinski definition) is 1. The molecule has 2 rings (SSSR count). The van der Waals surface area contributed by atoms with Gasteiger partial charge in [-0.05, 0) is 36.6 Å². The summed E-state index contributed by atoms with van der Waals surface area (Å²) < 4.78 is 0. The van der Waals surface area contributed by atoms with Crippen LogP contribution in [-0.4, -0.2) is 16.5 Å². The van der Waals surface area contributed by atoms with Crippen LogP contribution in [-0.2, 0) is 6.42 Å². The molecule has 18 heavy (non-hydrogen) atoms. The first-order chi connectivity index (χ1) is 8.81. The van der Waals surface area contributed by atoms with Crippen LogP contribution in [0.15, 0.2) is 36.8 Å². The molecule has 2 aromatic heterocycles. The number of aryl methyl sites for hydroxylation is 1. The van der Waals surface area contributed by atoms with Crippen LogP contribution in [0.25, 0.3) is 0 Å². The Labute approximate surface area is 106 Å². The second kappa shape index (κ2) is 5.78. The molecule has 0 atom stereocenters. The van der Waals surface area contributed by atoms with Crippen LogP contribution in [0.5, 0.6) is 0 Å². The summed E-state index contributed by atoms with van der Waals surface area (Å²) >= 11 is 0. The Morgan fingerprint density at radius 2 is 2.22 bits per heavy atom. The lowest BCUT2D eigenvalue weighted by Gasteiger charge is -2.08. The summed E-state index contributed by atoms with van der Waals surface area (Å²) in [6.07, 6.45) is 6.17. The molecule has 0 amide bonds. The highest BCUT2D eigenvalue weighted by molar-refractivity contribution is 5.55. The molecule has 90 valence electrons. The van der Waals surface area contributed by atoms with Gasteiger partial charge in [-0.25, -0.2) is 4.98 Å². The molecule has 4 heteroatoms. The van der Waals surface area contributed by atoms with E-state index in [4.69, 9.17) is 5.26 Å². The fourth-order valence-corrected chi connectivity index (χ4v) is 1.70. The predicted molar refractivity (Wildman–Crippen MR) is 70.1 cm³/mol. The van der Waals surface area contributed by atoms with Crippen molar-refractivity contribution in [3.8, 4) is 6.07 Å². The topological polar surface area (TPSA) is 61.6 Å². The zero-order valence-corrected chi connectivity index (χ0v) is 10.2. The zero-order chi connectivity index (χ0) is 12.8. The number of nitriles is 1. The molecule has 0 bridgehead atoms. The van der Waals surface area contributed by atoms with E-state index < -0.39 is 0 Å². The van der Waals surface area contributed by atoms with E-state index in [1.165, 1.54) is 0 Å². The second-order valence-electron chi connectivity index (χ2n) is 4.00. The molecule has 0 aliphatic rings. The summed E-state index contributed by atoms with van der Waals surface area (Å²) in [5.41, 5.74) is 2.72. The summed E-state index contributed by atoms with van der Waals surface area (Å²) in [5.74, 6) is 0.654. The lowest BCUT2D eigenvalue weighted by atomic mass is 10.1. The van der Waals surface area contributed by atoms with Crippen molar-refractivity contribution in [2.45, 2.75) is 13.3 Å². The van der Waals surface area contributed by atoms with E-state index >= 15 is 0 Å². The van der Waals surface area contributed by atoms with Crippen LogP contribution >= 0.6 is 0 Å². The van der Waals surface area contributed by atoms with Gasteiger partial charge in [0, 0.05) is 25.1 Å². The highest BCUT2D eigenvalue weighted by atomic mass is 15.0. The third-order valence-electron chi connectivity index (χ3n) is 2.70. The van der Waals surface area contributed by atoms with Crippen molar-refractivity contribution < 1.29 is 0 Å². The van der Waals surface area contributed by atoms with Crippen LogP contribution in [0, 0.1) is 18.3 Å². The van der Waals surface area contributed by atoms with E-state index in [1.54, 1.807) is 12.4 Å². The van der Waals surface area contributed by atoms with E-state index in [-0.39, 0.29) is 0 Å². The number of rotatable bonds is 4. The van der Waals surface area contributed by atoms with Gasteiger partial charge in [-0.3, -0.25) is 4.98 Å². The monoisotopic (exact) mass is 238 g/mol. The smallest absolute Gasteiger partial charge is 0.144 e. The summed E-state index contributed by atoms with van der Waals surface area (Å²) in [5, 5.41) is 12.3. The first kappa shape index (κ1) is 12.1. The van der Waals surface area contributed by atoms with Crippen LogP contribution in [0.2, 0.25) is 0 Å². The first-order valence-electron chi connectivity index (χ1n) is 5.79. The van der Waals surface area contributed by atoms with Gasteiger partial charge in [0.1, 0.15) is 11.9 Å². The van der Waals surface area contributed by atoms with Crippen LogP contribution < -0.4 is 5.32 Å². The molecule has 0 aliphatic heterocycles. The van der Waals surface area contributed by atoms with E-state index in [0.717, 1.165) is 24.1 Å². The maximum Gasteiger partial charge on any atom is 0.144 e. The SMILES string of the molecule is Cc1ccnc(NCCc2cccnc2)c1C#N. The van der Waals surface area contributed by atoms with Gasteiger partial charge in [-0.1, -0.05) is 6.07 Å². The molecule has 2 aromatic rings. The van der Waals surface area contributed by atoms with E-state index in [2.05, 4.69) is 21.4 Å². The number of hydrogen-bond acceptors (Lipinski definition) is 4. The van der Waals surface area contributed by atoms with Gasteiger partial charge in [0.2, 0.25) is 0 Å². The molecule has 1 N–H and O–H groups in total. The number of nitrogens with one attached hydrogen (secondary N) is 1. The van der Waals surface area contributed by atoms with Gasteiger partial charge in [-0.15, -0.1) is 0 Å². The first-order valence-corrected chi connectivity index (χ1v) is 5.79. The van der Waals surface area contributed by atoms with Gasteiger partial charge in [0.25, 0.3) is 0 Å². The number of anilines is 1. The van der Waals surface area contributed by atoms with E-state index in [1.807, 2.05) is 31.3 Å². The minimum absolute atomic E-state index is 0.615. The van der Waals surface area contributed by atoms with E-state index in [9.17, 15) is 0 Å². The van der Waals surface area contributed by atoms with Crippen molar-refractivity contribution in [3.05, 3.63) is 53.5 Å². The Bertz CT molecular complexity index is 558. The maximum atomic E-state index is 9.08. The van der Waals surface area contributed by atoms with Gasteiger partial charge < -0.3 is 5.32 Å². The standard InChI is InChI=1S/C14H14N4/c1-11-4-7-17-14(13(11)9-15)18-8-5-12-3-2-6-16-10-12/h2-4,6-7,10H,5,8H2,1H3,(H,17,18). The van der Waals surface area contributed by atoms with Crippen molar-refractivity contribution >= 4 is 5.82 Å². The zero-order valence-electron chi connectivity index (χ0n) is 10.2. The Morgan fingerprint density at radius 3 is 2.94 bits per heavy atom. The minimum Gasteiger partial charge on any atom is -0.369 e. The van der Waals surface area contributed by atoms with Gasteiger partial charge >= 0.3 is 0 Å². The molecular formula is C14H14N4. The highest BCUT2D eigenvalue weighted by Gasteiger charge is 2.05. The molecule has 0 radical (unpaired) electrons. The second-order valence-corrected chi connectivity index (χ2v) is 4.00. The highest BCUT2D eigenvalue weighted by Crippen LogP contribution is 2.14. The number of aromatic nitrogens is 2. The molecule has 2 heterocycles. The van der Waals surface area contributed by atoms with Crippen molar-refractivity contribution in [1.82, 2.24) is 9.97 Å². The molecule has 0 saturated carbocycles. The summed E-state index contributed by atoms with van der Waals surface area (Å²) in [6, 6.07) is 7.96. The molecule has 4 nitrogen and oxygen atoms in total. The quantitative estimate of drug-likeness (QED) is 0.887. The van der Waals surface area contributed by atoms with Gasteiger partial charge in [0.05, 0.1) is 5.56 Å². The van der Waals surface area contributed by atoms with Crippen LogP contribution in [0.1, 0.15) is 16.7 Å². The summed E-state index contributed by atoms with van der Waals surface area (Å²) in [7, 11) is 0. The molecular weight excluding hydrogens is 224 g/mol. The number of nitrogens with zero attached hydrogens (tertiary/aromatic N) is 3. The average Bonchev–Trinajstić information content (AvgIpc) is 2.40. The molecule has 0 unspecified atom stereocenters. The summed E-state index contributed by atoms with van der Waals surface area (Å²) in [6.45, 7) is 2.64. The van der Waals surface area contributed by atoms with Crippen molar-refractivity contribution in [1.29, 1.82) is 5.26 Å². The molecule has 0 aromatic carbocycles. The fourth-order valence-electron chi connectivity index (χ4n) is 1.70.